The lowest BCUT2D eigenvalue weighted by atomic mass is 9.77. The fourth-order valence-electron chi connectivity index (χ4n) is 4.19. The molecule has 0 unspecified atom stereocenters. The molecule has 8 nitrogen and oxygen atoms in total. The third-order valence-corrected chi connectivity index (χ3v) is 6.06. The largest absolute Gasteiger partial charge is 0.466 e. The Balaban J connectivity index is 1.51. The summed E-state index contributed by atoms with van der Waals surface area (Å²) in [5.41, 5.74) is -0.695. The van der Waals surface area contributed by atoms with E-state index in [1.54, 1.807) is 29.8 Å². The summed E-state index contributed by atoms with van der Waals surface area (Å²) >= 11 is 0. The number of nitrogens with one attached hydrogen (secondary N) is 1. The van der Waals surface area contributed by atoms with Crippen molar-refractivity contribution in [2.75, 3.05) is 11.9 Å². The first-order valence-electron chi connectivity index (χ1n) is 11.3. The molecule has 3 aromatic heterocycles. The molecule has 1 aliphatic rings. The monoisotopic (exact) mass is 489 g/mol. The van der Waals surface area contributed by atoms with E-state index in [0.29, 0.717) is 49.6 Å². The Kier molecular flexibility index (Phi) is 6.79. The second-order valence-corrected chi connectivity index (χ2v) is 8.66. The van der Waals surface area contributed by atoms with E-state index in [2.05, 4.69) is 20.3 Å². The van der Waals surface area contributed by atoms with Crippen LogP contribution in [0.1, 0.15) is 49.4 Å². The van der Waals surface area contributed by atoms with Crippen LogP contribution < -0.4 is 5.32 Å². The molecule has 0 radical (unpaired) electrons. The normalized spacial score (nSPS) is 20.5. The zero-order valence-electron chi connectivity index (χ0n) is 19.3. The number of hydrogen-bond donors (Lipinski definition) is 2. The van der Waals surface area contributed by atoms with Crippen LogP contribution in [0.3, 0.4) is 0 Å². The molecule has 3 aromatic rings. The molecule has 3 heterocycles. The van der Waals surface area contributed by atoms with E-state index in [1.165, 1.54) is 6.33 Å². The second kappa shape index (κ2) is 9.65. The van der Waals surface area contributed by atoms with E-state index < -0.39 is 17.3 Å². The highest BCUT2D eigenvalue weighted by atomic mass is 19.4. The highest BCUT2D eigenvalue weighted by Crippen LogP contribution is 2.39. The minimum atomic E-state index is -4.48. The molecule has 0 atom stereocenters. The van der Waals surface area contributed by atoms with Crippen molar-refractivity contribution < 1.29 is 27.8 Å². The first-order valence-corrected chi connectivity index (χ1v) is 11.3. The molecule has 0 amide bonds. The molecule has 1 fully saturated rings. The fourth-order valence-corrected chi connectivity index (χ4v) is 4.19. The van der Waals surface area contributed by atoms with E-state index in [9.17, 15) is 23.1 Å². The summed E-state index contributed by atoms with van der Waals surface area (Å²) in [5.74, 6) is 0.341. The number of rotatable bonds is 6. The van der Waals surface area contributed by atoms with E-state index in [4.69, 9.17) is 4.74 Å². The third kappa shape index (κ3) is 5.61. The molecule has 0 aromatic carbocycles. The predicted octanol–water partition coefficient (Wildman–Crippen LogP) is 4.67. The van der Waals surface area contributed by atoms with Gasteiger partial charge < -0.3 is 15.2 Å². The Morgan fingerprint density at radius 2 is 1.97 bits per heavy atom. The number of ether oxygens (including phenoxy) is 1. The Morgan fingerprint density at radius 1 is 1.23 bits per heavy atom. The average Bonchev–Trinajstić information content (AvgIpc) is 3.30. The maximum absolute atomic E-state index is 13.0. The SMILES string of the molecule is CCOC(=O)[C@H]1CC[C@](O)(c2cn(-c3cc(C)cc(Nc4cc(C(F)(F)F)ccn4)n3)cn2)CC1. The standard InChI is InChI=1S/C24H26F3N5O3/c1-3-35-22(33)16-4-7-23(34,8-5-16)18-13-32(14-29-18)21-11-15(2)10-20(31-21)30-19-12-17(6-9-28-19)24(25,26)27/h6,9-14,16,34H,3-5,7-8H2,1-2H3,(H,28,30,31)/t16-,23+. The Morgan fingerprint density at radius 3 is 2.66 bits per heavy atom. The van der Waals surface area contributed by atoms with Gasteiger partial charge in [0.25, 0.3) is 0 Å². The minimum Gasteiger partial charge on any atom is -0.466 e. The zero-order valence-corrected chi connectivity index (χ0v) is 19.3. The van der Waals surface area contributed by atoms with Crippen LogP contribution in [-0.4, -0.2) is 37.2 Å². The summed E-state index contributed by atoms with van der Waals surface area (Å²) in [6.45, 7) is 3.92. The first-order chi connectivity index (χ1) is 16.6. The average molecular weight is 489 g/mol. The molecule has 1 saturated carbocycles. The van der Waals surface area contributed by atoms with Gasteiger partial charge in [0.1, 0.15) is 29.4 Å². The molecule has 0 spiro atoms. The summed E-state index contributed by atoms with van der Waals surface area (Å²) in [5, 5.41) is 14.0. The highest BCUT2D eigenvalue weighted by molar-refractivity contribution is 5.72. The van der Waals surface area contributed by atoms with Gasteiger partial charge >= 0.3 is 12.1 Å². The molecular weight excluding hydrogens is 463 g/mol. The van der Waals surface area contributed by atoms with Crippen LogP contribution in [0.15, 0.2) is 43.0 Å². The number of aryl methyl sites for hydroxylation is 1. The quantitative estimate of drug-likeness (QED) is 0.485. The number of aliphatic hydroxyl groups is 1. The lowest BCUT2D eigenvalue weighted by Crippen LogP contribution is -2.34. The van der Waals surface area contributed by atoms with Gasteiger partial charge in [-0.3, -0.25) is 9.36 Å². The molecular formula is C24H26F3N5O3. The Labute approximate surface area is 200 Å². The topological polar surface area (TPSA) is 102 Å². The van der Waals surface area contributed by atoms with Crippen LogP contribution in [0.2, 0.25) is 0 Å². The maximum Gasteiger partial charge on any atom is 0.416 e. The summed E-state index contributed by atoms with van der Waals surface area (Å²) in [6.07, 6.45) is 1.57. The van der Waals surface area contributed by atoms with Crippen molar-refractivity contribution in [2.24, 2.45) is 5.92 Å². The Hall–Kier alpha value is -3.47. The number of aromatic nitrogens is 4. The predicted molar refractivity (Wildman–Crippen MR) is 121 cm³/mol. The van der Waals surface area contributed by atoms with Crippen molar-refractivity contribution in [2.45, 2.75) is 51.3 Å². The molecule has 0 saturated heterocycles. The highest BCUT2D eigenvalue weighted by Gasteiger charge is 2.39. The van der Waals surface area contributed by atoms with Gasteiger partial charge in [-0.2, -0.15) is 13.2 Å². The van der Waals surface area contributed by atoms with Crippen molar-refractivity contribution in [1.82, 2.24) is 19.5 Å². The number of imidazole rings is 1. The van der Waals surface area contributed by atoms with Crippen molar-refractivity contribution in [1.29, 1.82) is 0 Å². The van der Waals surface area contributed by atoms with Gasteiger partial charge in [0.2, 0.25) is 0 Å². The Bertz CT molecular complexity index is 1200. The van der Waals surface area contributed by atoms with Crippen LogP contribution in [0.25, 0.3) is 5.82 Å². The van der Waals surface area contributed by atoms with Gasteiger partial charge in [-0.1, -0.05) is 0 Å². The first kappa shape index (κ1) is 24.6. The van der Waals surface area contributed by atoms with Crippen molar-refractivity contribution >= 4 is 17.6 Å². The molecule has 2 N–H and O–H groups in total. The van der Waals surface area contributed by atoms with Crippen LogP contribution in [0, 0.1) is 12.8 Å². The van der Waals surface area contributed by atoms with Gasteiger partial charge in [0.15, 0.2) is 0 Å². The van der Waals surface area contributed by atoms with Crippen LogP contribution in [0.4, 0.5) is 24.8 Å². The second-order valence-electron chi connectivity index (χ2n) is 8.66. The van der Waals surface area contributed by atoms with Crippen molar-refractivity contribution in [3.8, 4) is 5.82 Å². The van der Waals surface area contributed by atoms with Crippen molar-refractivity contribution in [3.05, 3.63) is 59.8 Å². The molecule has 0 aliphatic heterocycles. The molecule has 1 aliphatic carbocycles. The molecule has 0 bridgehead atoms. The van der Waals surface area contributed by atoms with Gasteiger partial charge in [-0.05, 0) is 69.4 Å². The van der Waals surface area contributed by atoms with Gasteiger partial charge in [-0.25, -0.2) is 15.0 Å². The molecule has 4 rings (SSSR count). The molecule has 11 heteroatoms. The number of anilines is 2. The van der Waals surface area contributed by atoms with Gasteiger partial charge in [0.05, 0.1) is 23.8 Å². The number of halogens is 3. The van der Waals surface area contributed by atoms with Gasteiger partial charge in [0, 0.05) is 12.4 Å². The number of esters is 1. The van der Waals surface area contributed by atoms with Crippen LogP contribution >= 0.6 is 0 Å². The molecule has 35 heavy (non-hydrogen) atoms. The number of nitrogens with zero attached hydrogens (tertiary/aromatic N) is 4. The van der Waals surface area contributed by atoms with E-state index in [1.807, 2.05) is 6.92 Å². The van der Waals surface area contributed by atoms with Crippen molar-refractivity contribution in [3.63, 3.8) is 0 Å². The van der Waals surface area contributed by atoms with E-state index >= 15 is 0 Å². The number of alkyl halides is 3. The maximum atomic E-state index is 13.0. The summed E-state index contributed by atoms with van der Waals surface area (Å²) < 4.78 is 45.8. The molecule has 186 valence electrons. The zero-order chi connectivity index (χ0) is 25.2. The number of pyridine rings is 2. The smallest absolute Gasteiger partial charge is 0.416 e. The number of carbonyl (C=O) groups excluding carboxylic acids is 1. The number of hydrogen-bond acceptors (Lipinski definition) is 7. The van der Waals surface area contributed by atoms with Gasteiger partial charge in [-0.15, -0.1) is 0 Å². The van der Waals surface area contributed by atoms with Crippen LogP contribution in [-0.2, 0) is 21.3 Å². The lowest BCUT2D eigenvalue weighted by molar-refractivity contribution is -0.151. The van der Waals surface area contributed by atoms with E-state index in [0.717, 1.165) is 23.9 Å². The van der Waals surface area contributed by atoms with Crippen LogP contribution in [0.5, 0.6) is 0 Å². The third-order valence-electron chi connectivity index (χ3n) is 6.06. The summed E-state index contributed by atoms with van der Waals surface area (Å²) in [6, 6.07) is 5.30. The minimum absolute atomic E-state index is 0.0165. The lowest BCUT2D eigenvalue weighted by Gasteiger charge is -2.33. The summed E-state index contributed by atoms with van der Waals surface area (Å²) in [7, 11) is 0. The number of carbonyl (C=O) groups is 1. The summed E-state index contributed by atoms with van der Waals surface area (Å²) in [4.78, 5) is 24.8. The van der Waals surface area contributed by atoms with E-state index in [-0.39, 0.29) is 17.7 Å². The fraction of sp³-hybridized carbons (Fsp3) is 0.417.